The lowest BCUT2D eigenvalue weighted by atomic mass is 9.81. The van der Waals surface area contributed by atoms with Crippen molar-refractivity contribution in [1.29, 1.82) is 0 Å². The zero-order chi connectivity index (χ0) is 30.7. The lowest BCUT2D eigenvalue weighted by Crippen LogP contribution is -2.34. The molecule has 0 N–H and O–H groups in total. The maximum Gasteiger partial charge on any atom is 0.302 e. The summed E-state index contributed by atoms with van der Waals surface area (Å²) in [5.41, 5.74) is 7.33. The maximum absolute atomic E-state index is 13.9. The van der Waals surface area contributed by atoms with Crippen LogP contribution in [0.4, 0.5) is 22.7 Å². The second kappa shape index (κ2) is 12.7. The smallest absolute Gasteiger partial charge is 0.302 e. The average molecular weight is 582 g/mol. The number of esters is 1. The van der Waals surface area contributed by atoms with Gasteiger partial charge in [0.15, 0.2) is 5.78 Å². The van der Waals surface area contributed by atoms with Crippen LogP contribution in [-0.4, -0.2) is 51.0 Å². The highest BCUT2D eigenvalue weighted by Gasteiger charge is 2.38. The summed E-state index contributed by atoms with van der Waals surface area (Å²) < 4.78 is 10.6. The summed E-state index contributed by atoms with van der Waals surface area (Å²) in [5.74, 6) is 0.429. The second-order valence-corrected chi connectivity index (χ2v) is 11.0. The average Bonchev–Trinajstić information content (AvgIpc) is 3.14. The Morgan fingerprint density at radius 3 is 2.30 bits per heavy atom. The van der Waals surface area contributed by atoms with Gasteiger partial charge in [0.2, 0.25) is 5.91 Å². The summed E-state index contributed by atoms with van der Waals surface area (Å²) in [6, 6.07) is 22.1. The molecule has 5 rings (SSSR count). The van der Waals surface area contributed by atoms with Crippen molar-refractivity contribution in [2.45, 2.75) is 46.5 Å². The zero-order valence-electron chi connectivity index (χ0n) is 25.6. The van der Waals surface area contributed by atoms with Gasteiger partial charge in [0.1, 0.15) is 12.4 Å². The third-order valence-electron chi connectivity index (χ3n) is 8.36. The van der Waals surface area contributed by atoms with Crippen molar-refractivity contribution in [2.75, 3.05) is 48.1 Å². The molecule has 2 aliphatic rings. The predicted molar refractivity (Wildman–Crippen MR) is 169 cm³/mol. The van der Waals surface area contributed by atoms with E-state index in [1.165, 1.54) is 6.92 Å². The number of hydrogen-bond donors (Lipinski definition) is 0. The van der Waals surface area contributed by atoms with Gasteiger partial charge in [-0.3, -0.25) is 14.4 Å². The molecule has 0 saturated carbocycles. The van der Waals surface area contributed by atoms with Gasteiger partial charge >= 0.3 is 5.97 Å². The predicted octanol–water partition coefficient (Wildman–Crippen LogP) is 6.30. The minimum absolute atomic E-state index is 0.00728. The molecule has 1 aliphatic heterocycles. The van der Waals surface area contributed by atoms with Crippen LogP contribution in [-0.2, 0) is 19.1 Å². The first-order chi connectivity index (χ1) is 20.7. The van der Waals surface area contributed by atoms with E-state index in [0.29, 0.717) is 31.6 Å². The molecule has 3 aromatic rings. The molecule has 1 amide bonds. The Labute approximate surface area is 253 Å². The summed E-state index contributed by atoms with van der Waals surface area (Å²) in [4.78, 5) is 44.2. The lowest BCUT2D eigenvalue weighted by molar-refractivity contribution is -0.140. The number of anilines is 4. The molecule has 43 heavy (non-hydrogen) atoms. The Balaban J connectivity index is 1.61. The number of amides is 1. The molecule has 0 spiro atoms. The van der Waals surface area contributed by atoms with Gasteiger partial charge < -0.3 is 24.2 Å². The molecular weight excluding hydrogens is 542 g/mol. The SMILES string of the molecule is CCN(CCOC(C)=O)c1ccc(N2C3=C(CN(C(C)=O)c4ccccc42)C(=O)CC(c2ccc(OC)cc2)C3)c(C)c1. The number of allylic oxidation sites excluding steroid dienone is 1. The Morgan fingerprint density at radius 1 is 0.953 bits per heavy atom. The number of likely N-dealkylation sites (N-methyl/N-ethyl adjacent to an activating group) is 1. The number of carbonyl (C=O) groups is 3. The number of hydrogen-bond acceptors (Lipinski definition) is 7. The molecule has 0 saturated heterocycles. The van der Waals surface area contributed by atoms with Crippen molar-refractivity contribution < 1.29 is 23.9 Å². The number of aryl methyl sites for hydroxylation is 1. The second-order valence-electron chi connectivity index (χ2n) is 11.0. The zero-order valence-corrected chi connectivity index (χ0v) is 25.6. The van der Waals surface area contributed by atoms with Crippen molar-refractivity contribution in [3.63, 3.8) is 0 Å². The molecule has 8 heteroatoms. The fraction of sp³-hybridized carbons (Fsp3) is 0.343. The maximum atomic E-state index is 13.9. The van der Waals surface area contributed by atoms with Crippen molar-refractivity contribution in [2.24, 2.45) is 0 Å². The summed E-state index contributed by atoms with van der Waals surface area (Å²) >= 11 is 0. The highest BCUT2D eigenvalue weighted by atomic mass is 16.5. The summed E-state index contributed by atoms with van der Waals surface area (Å²) in [6.45, 7) is 9.01. The van der Waals surface area contributed by atoms with Gasteiger partial charge in [0.25, 0.3) is 0 Å². The Hall–Kier alpha value is -4.59. The summed E-state index contributed by atoms with van der Waals surface area (Å²) in [5, 5.41) is 0. The molecular formula is C35H39N3O5. The van der Waals surface area contributed by atoms with E-state index in [0.717, 1.165) is 51.9 Å². The van der Waals surface area contributed by atoms with Gasteiger partial charge in [-0.05, 0) is 79.8 Å². The monoisotopic (exact) mass is 581 g/mol. The fourth-order valence-corrected chi connectivity index (χ4v) is 6.14. The minimum atomic E-state index is -0.291. The number of para-hydroxylation sites is 2. The Kier molecular flexibility index (Phi) is 8.85. The van der Waals surface area contributed by atoms with Crippen molar-refractivity contribution >= 4 is 40.4 Å². The first-order valence-electron chi connectivity index (χ1n) is 14.8. The van der Waals surface area contributed by atoms with E-state index in [1.54, 1.807) is 18.9 Å². The van der Waals surface area contributed by atoms with E-state index in [4.69, 9.17) is 9.47 Å². The number of fused-ring (bicyclic) bond motifs is 1. The number of nitrogens with zero attached hydrogens (tertiary/aromatic N) is 3. The van der Waals surface area contributed by atoms with Gasteiger partial charge in [-0.1, -0.05) is 24.3 Å². The van der Waals surface area contributed by atoms with Gasteiger partial charge in [-0.15, -0.1) is 0 Å². The normalized spacial score (nSPS) is 16.3. The molecule has 3 aromatic carbocycles. The number of ketones is 1. The fourth-order valence-electron chi connectivity index (χ4n) is 6.14. The Bertz CT molecular complexity index is 1560. The molecule has 8 nitrogen and oxygen atoms in total. The van der Waals surface area contributed by atoms with Gasteiger partial charge in [0.05, 0.1) is 31.6 Å². The highest BCUT2D eigenvalue weighted by Crippen LogP contribution is 2.48. The van der Waals surface area contributed by atoms with Gasteiger partial charge in [-0.2, -0.15) is 0 Å². The molecule has 224 valence electrons. The van der Waals surface area contributed by atoms with Crippen molar-refractivity contribution in [3.05, 3.63) is 89.1 Å². The molecule has 0 bridgehead atoms. The van der Waals surface area contributed by atoms with Crippen LogP contribution in [0.2, 0.25) is 0 Å². The van der Waals surface area contributed by atoms with E-state index in [1.807, 2.05) is 48.5 Å². The van der Waals surface area contributed by atoms with Crippen LogP contribution in [0.15, 0.2) is 78.0 Å². The van der Waals surface area contributed by atoms with Crippen LogP contribution < -0.4 is 19.4 Å². The van der Waals surface area contributed by atoms with E-state index in [2.05, 4.69) is 41.8 Å². The minimum Gasteiger partial charge on any atom is -0.497 e. The van der Waals surface area contributed by atoms with Gasteiger partial charge in [0, 0.05) is 49.5 Å². The molecule has 0 aromatic heterocycles. The number of rotatable bonds is 8. The highest BCUT2D eigenvalue weighted by molar-refractivity contribution is 6.06. The Morgan fingerprint density at radius 2 is 1.67 bits per heavy atom. The van der Waals surface area contributed by atoms with Crippen LogP contribution in [0.25, 0.3) is 0 Å². The summed E-state index contributed by atoms with van der Waals surface area (Å²) in [7, 11) is 1.64. The molecule has 1 unspecified atom stereocenters. The molecule has 1 aliphatic carbocycles. The number of benzene rings is 3. The topological polar surface area (TPSA) is 79.4 Å². The number of carbonyl (C=O) groups excluding carboxylic acids is 3. The van der Waals surface area contributed by atoms with E-state index >= 15 is 0 Å². The molecule has 1 heterocycles. The number of methoxy groups -OCH3 is 1. The first kappa shape index (κ1) is 29.9. The molecule has 1 atom stereocenters. The third-order valence-corrected chi connectivity index (χ3v) is 8.36. The standard InChI is InChI=1S/C35H39N3O5/c1-6-36(17-18-43-25(4)40)28-13-16-31(23(2)19-28)38-33-10-8-7-9-32(33)37(24(3)39)22-30-34(38)20-27(21-35(30)41)26-11-14-29(42-5)15-12-26/h7-16,19,27H,6,17-18,20-22H2,1-5H3. The van der Waals surface area contributed by atoms with Crippen LogP contribution in [0.5, 0.6) is 5.75 Å². The van der Waals surface area contributed by atoms with Gasteiger partial charge in [-0.25, -0.2) is 0 Å². The third kappa shape index (κ3) is 6.14. The van der Waals surface area contributed by atoms with Crippen LogP contribution in [0, 0.1) is 6.92 Å². The van der Waals surface area contributed by atoms with Crippen LogP contribution in [0.1, 0.15) is 50.7 Å². The van der Waals surface area contributed by atoms with E-state index < -0.39 is 0 Å². The lowest BCUT2D eigenvalue weighted by Gasteiger charge is -2.35. The van der Waals surface area contributed by atoms with Crippen LogP contribution in [0.3, 0.4) is 0 Å². The quantitative estimate of drug-likeness (QED) is 0.289. The first-order valence-corrected chi connectivity index (χ1v) is 14.8. The van der Waals surface area contributed by atoms with E-state index in [9.17, 15) is 14.4 Å². The van der Waals surface area contributed by atoms with E-state index in [-0.39, 0.29) is 30.1 Å². The van der Waals surface area contributed by atoms with Crippen molar-refractivity contribution in [1.82, 2.24) is 0 Å². The summed E-state index contributed by atoms with van der Waals surface area (Å²) in [6.07, 6.45) is 1.03. The van der Waals surface area contributed by atoms with Crippen molar-refractivity contribution in [3.8, 4) is 5.75 Å². The molecule has 0 fully saturated rings. The largest absolute Gasteiger partial charge is 0.497 e. The number of Topliss-reactive ketones (excluding diaryl/α,β-unsaturated/α-hetero) is 1. The van der Waals surface area contributed by atoms with Crippen LogP contribution >= 0.6 is 0 Å². The molecule has 0 radical (unpaired) electrons. The number of ether oxygens (including phenoxy) is 2.